The fourth-order valence-corrected chi connectivity index (χ4v) is 3.36. The summed E-state index contributed by atoms with van der Waals surface area (Å²) in [5.41, 5.74) is 3.02. The highest BCUT2D eigenvalue weighted by molar-refractivity contribution is 6.40. The van der Waals surface area contributed by atoms with Crippen molar-refractivity contribution in [2.24, 2.45) is 10.9 Å². The minimum absolute atomic E-state index is 0.00870. The number of aryl methyl sites for hydroxylation is 1. The molecule has 1 aliphatic heterocycles. The summed E-state index contributed by atoms with van der Waals surface area (Å²) in [6.07, 6.45) is 5.19. The molecule has 26 heavy (non-hydrogen) atoms. The maximum absolute atomic E-state index is 11.5. The van der Waals surface area contributed by atoms with E-state index in [2.05, 4.69) is 21.7 Å². The van der Waals surface area contributed by atoms with Crippen LogP contribution in [0.25, 0.3) is 0 Å². The Bertz CT molecular complexity index is 738. The third-order valence-corrected chi connectivity index (χ3v) is 4.87. The first-order valence-corrected chi connectivity index (χ1v) is 9.25. The molecule has 140 valence electrons. The molecule has 1 saturated carbocycles. The number of carboxylic acid groups (broad SMARTS) is 1. The van der Waals surface area contributed by atoms with Crippen LogP contribution in [0.3, 0.4) is 0 Å². The molecule has 6 heteroatoms. The number of carboxylic acids is 1. The summed E-state index contributed by atoms with van der Waals surface area (Å²) in [6, 6.07) is 5.85. The minimum atomic E-state index is -0.989. The van der Waals surface area contributed by atoms with Gasteiger partial charge in [0.2, 0.25) is 0 Å². The van der Waals surface area contributed by atoms with Gasteiger partial charge in [0.05, 0.1) is 6.61 Å². The van der Waals surface area contributed by atoms with Gasteiger partial charge in [-0.15, -0.1) is 0 Å². The molecule has 0 aromatic heterocycles. The SMILES string of the molecule is CCCN(CC1CC1)C1=CC(C(=O)O)=NCN1c1ccc(CO)cc1C. The highest BCUT2D eigenvalue weighted by atomic mass is 16.4. The molecular formula is C20H27N3O3. The number of aliphatic imine (C=N–C) groups is 1. The standard InChI is InChI=1S/C20H27N3O3/c1-3-8-22(11-15-4-5-15)19-10-17(20(25)26)21-13-23(19)18-7-6-16(12-24)9-14(18)2/h6-7,9-10,15,24H,3-5,8,11-13H2,1-2H3,(H,25,26). The summed E-state index contributed by atoms with van der Waals surface area (Å²) in [7, 11) is 0. The number of hydrogen-bond acceptors (Lipinski definition) is 5. The van der Waals surface area contributed by atoms with Gasteiger partial charge in [-0.1, -0.05) is 19.1 Å². The number of anilines is 1. The van der Waals surface area contributed by atoms with Crippen molar-refractivity contribution in [2.75, 3.05) is 24.7 Å². The molecule has 0 bridgehead atoms. The van der Waals surface area contributed by atoms with Crippen molar-refractivity contribution in [1.29, 1.82) is 0 Å². The molecule has 1 aliphatic carbocycles. The second-order valence-corrected chi connectivity index (χ2v) is 7.09. The predicted molar refractivity (Wildman–Crippen MR) is 102 cm³/mol. The lowest BCUT2D eigenvalue weighted by Crippen LogP contribution is -2.41. The van der Waals surface area contributed by atoms with E-state index in [1.165, 1.54) is 12.8 Å². The molecule has 1 aromatic carbocycles. The third kappa shape index (κ3) is 4.07. The fraction of sp³-hybridized carbons (Fsp3) is 0.500. The lowest BCUT2D eigenvalue weighted by atomic mass is 10.1. The Hall–Kier alpha value is -2.34. The molecule has 0 radical (unpaired) electrons. The zero-order chi connectivity index (χ0) is 18.7. The molecule has 2 N–H and O–H groups in total. The minimum Gasteiger partial charge on any atom is -0.477 e. The van der Waals surface area contributed by atoms with Crippen LogP contribution in [0.2, 0.25) is 0 Å². The van der Waals surface area contributed by atoms with E-state index < -0.39 is 5.97 Å². The Morgan fingerprint density at radius 1 is 1.38 bits per heavy atom. The number of hydrogen-bond donors (Lipinski definition) is 2. The zero-order valence-electron chi connectivity index (χ0n) is 15.5. The third-order valence-electron chi connectivity index (χ3n) is 4.87. The van der Waals surface area contributed by atoms with Gasteiger partial charge in [-0.25, -0.2) is 4.79 Å². The summed E-state index contributed by atoms with van der Waals surface area (Å²) in [6.45, 7) is 6.29. The van der Waals surface area contributed by atoms with Gasteiger partial charge in [0.1, 0.15) is 18.2 Å². The quantitative estimate of drug-likeness (QED) is 0.748. The Labute approximate surface area is 154 Å². The van der Waals surface area contributed by atoms with Crippen molar-refractivity contribution in [2.45, 2.75) is 39.7 Å². The van der Waals surface area contributed by atoms with Crippen LogP contribution < -0.4 is 4.90 Å². The number of aliphatic carboxylic acids is 1. The second-order valence-electron chi connectivity index (χ2n) is 7.09. The molecule has 0 atom stereocenters. The van der Waals surface area contributed by atoms with Crippen LogP contribution in [0, 0.1) is 12.8 Å². The zero-order valence-corrected chi connectivity index (χ0v) is 15.5. The van der Waals surface area contributed by atoms with Gasteiger partial charge >= 0.3 is 5.97 Å². The van der Waals surface area contributed by atoms with Crippen LogP contribution in [0.5, 0.6) is 0 Å². The molecule has 0 amide bonds. The highest BCUT2D eigenvalue weighted by Gasteiger charge is 2.30. The Morgan fingerprint density at radius 2 is 2.15 bits per heavy atom. The van der Waals surface area contributed by atoms with Crippen molar-refractivity contribution < 1.29 is 15.0 Å². The van der Waals surface area contributed by atoms with Gasteiger partial charge in [-0.2, -0.15) is 0 Å². The first-order valence-electron chi connectivity index (χ1n) is 9.25. The van der Waals surface area contributed by atoms with Gasteiger partial charge in [-0.3, -0.25) is 4.99 Å². The Morgan fingerprint density at radius 3 is 2.73 bits per heavy atom. The van der Waals surface area contributed by atoms with Crippen LogP contribution in [0.1, 0.15) is 37.3 Å². The van der Waals surface area contributed by atoms with Crippen LogP contribution in [0.4, 0.5) is 5.69 Å². The number of benzene rings is 1. The van der Waals surface area contributed by atoms with Crippen LogP contribution >= 0.6 is 0 Å². The maximum Gasteiger partial charge on any atom is 0.354 e. The predicted octanol–water partition coefficient (Wildman–Crippen LogP) is 2.75. The molecule has 0 unspecified atom stereocenters. The molecule has 2 aliphatic rings. The van der Waals surface area contributed by atoms with Crippen LogP contribution in [-0.2, 0) is 11.4 Å². The van der Waals surface area contributed by atoms with Gasteiger partial charge in [0.15, 0.2) is 0 Å². The number of aliphatic hydroxyl groups excluding tert-OH is 1. The number of nitrogens with zero attached hydrogens (tertiary/aromatic N) is 3. The van der Waals surface area contributed by atoms with Gasteiger partial charge in [0.25, 0.3) is 0 Å². The van der Waals surface area contributed by atoms with E-state index >= 15 is 0 Å². The monoisotopic (exact) mass is 357 g/mol. The first kappa shape index (κ1) is 18.5. The molecule has 0 spiro atoms. The largest absolute Gasteiger partial charge is 0.477 e. The van der Waals surface area contributed by atoms with E-state index in [4.69, 9.17) is 0 Å². The summed E-state index contributed by atoms with van der Waals surface area (Å²) in [5.74, 6) is 0.623. The maximum atomic E-state index is 11.5. The lowest BCUT2D eigenvalue weighted by Gasteiger charge is -2.37. The number of rotatable bonds is 8. The van der Waals surface area contributed by atoms with Gasteiger partial charge < -0.3 is 20.0 Å². The summed E-state index contributed by atoms with van der Waals surface area (Å²) < 4.78 is 0. The average molecular weight is 357 g/mol. The van der Waals surface area contributed by atoms with E-state index in [0.717, 1.165) is 42.1 Å². The van der Waals surface area contributed by atoms with E-state index in [0.29, 0.717) is 5.92 Å². The lowest BCUT2D eigenvalue weighted by molar-refractivity contribution is -0.129. The van der Waals surface area contributed by atoms with E-state index in [1.807, 2.05) is 25.1 Å². The fourth-order valence-electron chi connectivity index (χ4n) is 3.36. The molecule has 1 aromatic rings. The molecule has 6 nitrogen and oxygen atoms in total. The normalized spacial score (nSPS) is 17.0. The van der Waals surface area contributed by atoms with Crippen molar-refractivity contribution >= 4 is 17.4 Å². The van der Waals surface area contributed by atoms with Crippen molar-refractivity contribution in [1.82, 2.24) is 4.90 Å². The van der Waals surface area contributed by atoms with E-state index in [9.17, 15) is 15.0 Å². The van der Waals surface area contributed by atoms with Crippen molar-refractivity contribution in [3.8, 4) is 0 Å². The molecule has 0 saturated heterocycles. The van der Waals surface area contributed by atoms with E-state index in [-0.39, 0.29) is 19.0 Å². The van der Waals surface area contributed by atoms with E-state index in [1.54, 1.807) is 6.08 Å². The molecular weight excluding hydrogens is 330 g/mol. The van der Waals surface area contributed by atoms with Crippen molar-refractivity contribution in [3.63, 3.8) is 0 Å². The number of carbonyl (C=O) groups is 1. The van der Waals surface area contributed by atoms with Crippen LogP contribution in [0.15, 0.2) is 35.1 Å². The summed E-state index contributed by atoms with van der Waals surface area (Å²) in [4.78, 5) is 20.1. The smallest absolute Gasteiger partial charge is 0.354 e. The Kier molecular flexibility index (Phi) is 5.61. The van der Waals surface area contributed by atoms with Gasteiger partial charge in [-0.05, 0) is 49.3 Å². The second kappa shape index (κ2) is 7.91. The summed E-state index contributed by atoms with van der Waals surface area (Å²) >= 11 is 0. The molecule has 3 rings (SSSR count). The van der Waals surface area contributed by atoms with Crippen LogP contribution in [-0.4, -0.2) is 46.6 Å². The van der Waals surface area contributed by atoms with Crippen molar-refractivity contribution in [3.05, 3.63) is 41.2 Å². The van der Waals surface area contributed by atoms with Gasteiger partial charge in [0, 0.05) is 24.9 Å². The topological polar surface area (TPSA) is 76.4 Å². The molecule has 1 heterocycles. The first-order chi connectivity index (χ1) is 12.5. The molecule has 1 fully saturated rings. The number of aliphatic hydroxyl groups is 1. The summed E-state index contributed by atoms with van der Waals surface area (Å²) in [5, 5.41) is 18.8. The highest BCUT2D eigenvalue weighted by Crippen LogP contribution is 2.34. The average Bonchev–Trinajstić information content (AvgIpc) is 3.45. The Balaban J connectivity index is 1.97.